The third kappa shape index (κ3) is 2.81. The first-order chi connectivity index (χ1) is 5.30. The summed E-state index contributed by atoms with van der Waals surface area (Å²) in [6, 6.07) is 0. The summed E-state index contributed by atoms with van der Waals surface area (Å²) in [5.74, 6) is -0.199. The van der Waals surface area contributed by atoms with Gasteiger partial charge in [-0.3, -0.25) is 0 Å². The molecule has 0 aromatic heterocycles. The molecule has 0 fully saturated rings. The van der Waals surface area contributed by atoms with E-state index in [2.05, 4.69) is 24.4 Å². The lowest BCUT2D eigenvalue weighted by Crippen LogP contribution is -2.25. The zero-order chi connectivity index (χ0) is 9.94. The summed E-state index contributed by atoms with van der Waals surface area (Å²) in [4.78, 5) is 11.1. The lowest BCUT2D eigenvalue weighted by atomic mass is 10.3. The van der Waals surface area contributed by atoms with Crippen LogP contribution < -0.4 is 0 Å². The molecule has 0 radical (unpaired) electrons. The molecule has 2 nitrogen and oxygen atoms in total. The van der Waals surface area contributed by atoms with Crippen molar-refractivity contribution in [2.45, 2.75) is 33.5 Å². The first kappa shape index (κ1) is 11.4. The van der Waals surface area contributed by atoms with Crippen LogP contribution in [0.4, 0.5) is 0 Å². The molecular weight excluding hydrogens is 168 g/mol. The fourth-order valence-electron chi connectivity index (χ4n) is 0.869. The number of hydrogen-bond acceptors (Lipinski definition) is 2. The lowest BCUT2D eigenvalue weighted by Gasteiger charge is -2.19. The average Bonchev–Trinajstić information content (AvgIpc) is 1.98. The number of carbonyl (C=O) groups is 1. The predicted molar refractivity (Wildman–Crippen MR) is 53.7 cm³/mol. The summed E-state index contributed by atoms with van der Waals surface area (Å²) >= 11 is 0. The predicted octanol–water partition coefficient (Wildman–Crippen LogP) is 2.37. The van der Waals surface area contributed by atoms with Crippen molar-refractivity contribution in [2.24, 2.45) is 0 Å². The second-order valence-electron chi connectivity index (χ2n) is 3.99. The molecule has 0 unspecified atom stereocenters. The molecule has 0 aliphatic carbocycles. The lowest BCUT2D eigenvalue weighted by molar-refractivity contribution is -0.136. The van der Waals surface area contributed by atoms with Crippen LogP contribution in [0.1, 0.15) is 13.8 Å². The van der Waals surface area contributed by atoms with Gasteiger partial charge in [-0.15, -0.1) is 0 Å². The topological polar surface area (TPSA) is 26.3 Å². The quantitative estimate of drug-likeness (QED) is 0.376. The van der Waals surface area contributed by atoms with Gasteiger partial charge in [0.05, 0.1) is 15.2 Å². The number of esters is 1. The normalized spacial score (nSPS) is 13.8. The molecule has 0 aliphatic rings. The minimum absolute atomic E-state index is 0.199. The van der Waals surface area contributed by atoms with Gasteiger partial charge in [0, 0.05) is 5.57 Å². The van der Waals surface area contributed by atoms with Crippen LogP contribution in [0.15, 0.2) is 10.8 Å². The Labute approximate surface area is 75.6 Å². The highest BCUT2D eigenvalue weighted by Crippen LogP contribution is 2.18. The Morgan fingerprint density at radius 2 is 1.58 bits per heavy atom. The Bertz CT molecular complexity index is 211. The van der Waals surface area contributed by atoms with E-state index in [1.807, 2.05) is 13.8 Å². The number of allylic oxidation sites excluding steroid dienone is 1. The van der Waals surface area contributed by atoms with Gasteiger partial charge in [-0.2, -0.15) is 0 Å². The van der Waals surface area contributed by atoms with Crippen molar-refractivity contribution < 1.29 is 9.53 Å². The first-order valence-corrected chi connectivity index (χ1v) is 7.57. The number of hydrogen-bond donors (Lipinski definition) is 0. The van der Waals surface area contributed by atoms with Gasteiger partial charge in [-0.25, -0.2) is 4.79 Å². The van der Waals surface area contributed by atoms with E-state index in [0.29, 0.717) is 0 Å². The maximum atomic E-state index is 11.1. The highest BCUT2D eigenvalue weighted by molar-refractivity contribution is 6.83. The minimum Gasteiger partial charge on any atom is -0.466 e. The van der Waals surface area contributed by atoms with Gasteiger partial charge in [0.2, 0.25) is 0 Å². The minimum atomic E-state index is -1.32. The van der Waals surface area contributed by atoms with Crippen LogP contribution >= 0.6 is 0 Å². The molecule has 0 atom stereocenters. The number of carbonyl (C=O) groups excluding carboxylic acids is 1. The van der Waals surface area contributed by atoms with Crippen LogP contribution in [0, 0.1) is 0 Å². The van der Waals surface area contributed by atoms with Gasteiger partial charge in [-0.05, 0) is 13.8 Å². The molecule has 0 spiro atoms. The first-order valence-electron chi connectivity index (χ1n) is 4.07. The molecule has 0 bridgehead atoms. The van der Waals surface area contributed by atoms with E-state index in [0.717, 1.165) is 5.57 Å². The molecule has 0 N–H and O–H groups in total. The van der Waals surface area contributed by atoms with E-state index in [1.165, 1.54) is 12.3 Å². The summed E-state index contributed by atoms with van der Waals surface area (Å²) < 4.78 is 4.65. The SMILES string of the molecule is COC(=O)/C(C)=C(/C)[Si](C)(C)C. The van der Waals surface area contributed by atoms with E-state index in [4.69, 9.17) is 0 Å². The van der Waals surface area contributed by atoms with E-state index < -0.39 is 8.07 Å². The molecule has 70 valence electrons. The standard InChI is InChI=1S/C9H18O2Si/c1-7(9(10)11-3)8(2)12(4,5)6/h1-6H3/b8-7-. The number of rotatable bonds is 2. The Kier molecular flexibility index (Phi) is 3.71. The smallest absolute Gasteiger partial charge is 0.332 e. The fraction of sp³-hybridized carbons (Fsp3) is 0.667. The maximum absolute atomic E-state index is 11.1. The van der Waals surface area contributed by atoms with Gasteiger partial charge >= 0.3 is 5.97 Å². The highest BCUT2D eigenvalue weighted by Gasteiger charge is 2.20. The van der Waals surface area contributed by atoms with Gasteiger partial charge in [0.1, 0.15) is 0 Å². The molecule has 3 heteroatoms. The monoisotopic (exact) mass is 186 g/mol. The summed E-state index contributed by atoms with van der Waals surface area (Å²) in [6.45, 7) is 10.5. The zero-order valence-corrected chi connectivity index (χ0v) is 9.82. The molecule has 0 rings (SSSR count). The van der Waals surface area contributed by atoms with Gasteiger partial charge in [0.25, 0.3) is 0 Å². The average molecular weight is 186 g/mol. The van der Waals surface area contributed by atoms with Crippen LogP contribution in [-0.2, 0) is 9.53 Å². The van der Waals surface area contributed by atoms with Crippen molar-refractivity contribution in [3.05, 3.63) is 10.8 Å². The Hall–Kier alpha value is -0.573. The van der Waals surface area contributed by atoms with Crippen LogP contribution in [0.5, 0.6) is 0 Å². The fourth-order valence-corrected chi connectivity index (χ4v) is 2.10. The van der Waals surface area contributed by atoms with Crippen LogP contribution in [-0.4, -0.2) is 21.2 Å². The third-order valence-electron chi connectivity index (χ3n) is 2.18. The molecule has 0 aromatic rings. The van der Waals surface area contributed by atoms with E-state index in [9.17, 15) is 4.79 Å². The Morgan fingerprint density at radius 3 is 1.83 bits per heavy atom. The molecule has 0 amide bonds. The summed E-state index contributed by atoms with van der Waals surface area (Å²) in [5.41, 5.74) is 0.775. The Balaban J connectivity index is 4.82. The number of ether oxygens (including phenoxy) is 1. The van der Waals surface area contributed by atoms with Crippen molar-refractivity contribution >= 4 is 14.0 Å². The van der Waals surface area contributed by atoms with Crippen molar-refractivity contribution in [1.29, 1.82) is 0 Å². The van der Waals surface area contributed by atoms with E-state index in [1.54, 1.807) is 0 Å². The van der Waals surface area contributed by atoms with Crippen LogP contribution in [0.25, 0.3) is 0 Å². The van der Waals surface area contributed by atoms with E-state index in [-0.39, 0.29) is 5.97 Å². The van der Waals surface area contributed by atoms with Crippen LogP contribution in [0.3, 0.4) is 0 Å². The van der Waals surface area contributed by atoms with Gasteiger partial charge < -0.3 is 4.74 Å². The van der Waals surface area contributed by atoms with Gasteiger partial charge in [-0.1, -0.05) is 24.8 Å². The largest absolute Gasteiger partial charge is 0.466 e. The van der Waals surface area contributed by atoms with Crippen molar-refractivity contribution in [3.63, 3.8) is 0 Å². The molecule has 0 aliphatic heterocycles. The van der Waals surface area contributed by atoms with Crippen molar-refractivity contribution in [2.75, 3.05) is 7.11 Å². The molecule has 0 heterocycles. The molecule has 12 heavy (non-hydrogen) atoms. The van der Waals surface area contributed by atoms with Crippen molar-refractivity contribution in [1.82, 2.24) is 0 Å². The Morgan fingerprint density at radius 1 is 1.17 bits per heavy atom. The van der Waals surface area contributed by atoms with Gasteiger partial charge in [0.15, 0.2) is 0 Å². The molecule has 0 aromatic carbocycles. The molecule has 0 saturated carbocycles. The zero-order valence-electron chi connectivity index (χ0n) is 8.82. The summed E-state index contributed by atoms with van der Waals surface area (Å²) in [5, 5.41) is 1.22. The van der Waals surface area contributed by atoms with Crippen molar-refractivity contribution in [3.8, 4) is 0 Å². The summed E-state index contributed by atoms with van der Waals surface area (Å²) in [7, 11) is 0.0960. The highest BCUT2D eigenvalue weighted by atomic mass is 28.3. The number of methoxy groups -OCH3 is 1. The molecule has 0 saturated heterocycles. The van der Waals surface area contributed by atoms with Crippen LogP contribution in [0.2, 0.25) is 19.6 Å². The molecular formula is C9H18O2Si. The second kappa shape index (κ2) is 3.89. The maximum Gasteiger partial charge on any atom is 0.332 e. The van der Waals surface area contributed by atoms with E-state index >= 15 is 0 Å². The summed E-state index contributed by atoms with van der Waals surface area (Å²) in [6.07, 6.45) is 0. The third-order valence-corrected chi connectivity index (χ3v) is 4.80. The second-order valence-corrected chi connectivity index (χ2v) is 9.24.